The number of carbonyl (C=O) groups is 1. The molecule has 100 valence electrons. The van der Waals surface area contributed by atoms with Crippen molar-refractivity contribution < 1.29 is 14.3 Å². The molecule has 3 N–H and O–H groups in total. The summed E-state index contributed by atoms with van der Waals surface area (Å²) in [7, 11) is 0. The Kier molecular flexibility index (Phi) is 3.00. The molecule has 0 spiro atoms. The molecule has 2 aromatic carbocycles. The van der Waals surface area contributed by atoms with Crippen molar-refractivity contribution in [1.29, 1.82) is 0 Å². The van der Waals surface area contributed by atoms with E-state index in [1.807, 2.05) is 24.3 Å². The Balaban J connectivity index is 1.99. The maximum absolute atomic E-state index is 10.8. The van der Waals surface area contributed by atoms with Gasteiger partial charge in [0.25, 0.3) is 0 Å². The van der Waals surface area contributed by atoms with Gasteiger partial charge >= 0.3 is 5.97 Å². The van der Waals surface area contributed by atoms with Gasteiger partial charge in [-0.25, -0.2) is 4.79 Å². The van der Waals surface area contributed by atoms with Crippen molar-refractivity contribution >= 4 is 16.9 Å². The van der Waals surface area contributed by atoms with E-state index < -0.39 is 5.97 Å². The van der Waals surface area contributed by atoms with Crippen molar-refractivity contribution in [2.24, 2.45) is 5.73 Å². The van der Waals surface area contributed by atoms with E-state index in [1.165, 1.54) is 0 Å². The first-order valence-corrected chi connectivity index (χ1v) is 6.22. The van der Waals surface area contributed by atoms with Gasteiger partial charge in [-0.15, -0.1) is 0 Å². The Morgan fingerprint density at radius 1 is 1.10 bits per heavy atom. The minimum absolute atomic E-state index is 0.248. The van der Waals surface area contributed by atoms with Gasteiger partial charge in [-0.3, -0.25) is 0 Å². The predicted octanol–water partition coefficient (Wildman–Crippen LogP) is 3.18. The van der Waals surface area contributed by atoms with Crippen LogP contribution in [0.2, 0.25) is 0 Å². The molecular weight excluding hydrogens is 254 g/mol. The molecule has 0 aliphatic carbocycles. The van der Waals surface area contributed by atoms with E-state index in [1.54, 1.807) is 30.5 Å². The summed E-state index contributed by atoms with van der Waals surface area (Å²) in [6, 6.07) is 13.9. The van der Waals surface area contributed by atoms with Crippen LogP contribution in [0.5, 0.6) is 0 Å². The number of benzene rings is 2. The number of carboxylic acid groups (broad SMARTS) is 1. The number of nitrogens with two attached hydrogens (primary N) is 1. The van der Waals surface area contributed by atoms with Crippen LogP contribution < -0.4 is 5.73 Å². The van der Waals surface area contributed by atoms with Gasteiger partial charge in [-0.2, -0.15) is 0 Å². The molecule has 20 heavy (non-hydrogen) atoms. The van der Waals surface area contributed by atoms with Crippen molar-refractivity contribution in [1.82, 2.24) is 0 Å². The summed E-state index contributed by atoms with van der Waals surface area (Å²) in [6.07, 6.45) is 1.65. The number of fused-ring (bicyclic) bond motifs is 1. The van der Waals surface area contributed by atoms with E-state index in [2.05, 4.69) is 0 Å². The van der Waals surface area contributed by atoms with Crippen LogP contribution in [0.4, 0.5) is 0 Å². The fourth-order valence-corrected chi connectivity index (χ4v) is 2.25. The summed E-state index contributed by atoms with van der Waals surface area (Å²) in [5.74, 6) is -0.945. The molecule has 4 heteroatoms. The van der Waals surface area contributed by atoms with E-state index in [9.17, 15) is 4.79 Å². The van der Waals surface area contributed by atoms with Gasteiger partial charge in [0.2, 0.25) is 0 Å². The van der Waals surface area contributed by atoms with Crippen molar-refractivity contribution in [3.05, 3.63) is 71.5 Å². The lowest BCUT2D eigenvalue weighted by Crippen LogP contribution is -2.11. The minimum Gasteiger partial charge on any atom is -0.478 e. The normalized spacial score (nSPS) is 12.4. The number of furan rings is 1. The molecule has 0 fully saturated rings. The zero-order valence-electron chi connectivity index (χ0n) is 10.6. The van der Waals surface area contributed by atoms with Gasteiger partial charge in [0.05, 0.1) is 17.9 Å². The zero-order valence-corrected chi connectivity index (χ0v) is 10.6. The fourth-order valence-electron chi connectivity index (χ4n) is 2.25. The number of carboxylic acids is 1. The van der Waals surface area contributed by atoms with Crippen molar-refractivity contribution in [2.75, 3.05) is 0 Å². The van der Waals surface area contributed by atoms with Crippen molar-refractivity contribution in [3.63, 3.8) is 0 Å². The molecule has 0 radical (unpaired) electrons. The van der Waals surface area contributed by atoms with Gasteiger partial charge in [-0.05, 0) is 23.8 Å². The highest BCUT2D eigenvalue weighted by molar-refractivity contribution is 5.87. The van der Waals surface area contributed by atoms with E-state index >= 15 is 0 Å². The largest absolute Gasteiger partial charge is 0.478 e. The lowest BCUT2D eigenvalue weighted by atomic mass is 9.98. The molecule has 1 heterocycles. The standard InChI is InChI=1S/C16H13NO3/c17-15(10-5-7-11(8-6-10)16(18)19)13-9-20-14-4-2-1-3-12(13)14/h1-9,15H,17H2,(H,18,19). The third-order valence-electron chi connectivity index (χ3n) is 3.36. The van der Waals surface area contributed by atoms with E-state index in [0.29, 0.717) is 0 Å². The van der Waals surface area contributed by atoms with Crippen LogP contribution in [0.15, 0.2) is 59.2 Å². The van der Waals surface area contributed by atoms with Gasteiger partial charge < -0.3 is 15.3 Å². The van der Waals surface area contributed by atoms with Gasteiger partial charge in [-0.1, -0.05) is 30.3 Å². The fraction of sp³-hybridized carbons (Fsp3) is 0.0625. The van der Waals surface area contributed by atoms with Crippen LogP contribution in [0, 0.1) is 0 Å². The lowest BCUT2D eigenvalue weighted by molar-refractivity contribution is 0.0697. The molecule has 0 amide bonds. The molecule has 0 saturated carbocycles. The van der Waals surface area contributed by atoms with Crippen LogP contribution in [0.1, 0.15) is 27.5 Å². The average Bonchev–Trinajstić information content (AvgIpc) is 2.90. The molecule has 0 aliphatic rings. The summed E-state index contributed by atoms with van der Waals surface area (Å²) in [4.78, 5) is 10.8. The highest BCUT2D eigenvalue weighted by atomic mass is 16.4. The summed E-state index contributed by atoms with van der Waals surface area (Å²) in [5, 5.41) is 9.87. The maximum atomic E-state index is 10.8. The Morgan fingerprint density at radius 3 is 2.50 bits per heavy atom. The van der Waals surface area contributed by atoms with Crippen LogP contribution >= 0.6 is 0 Å². The van der Waals surface area contributed by atoms with Crippen LogP contribution in [0.25, 0.3) is 11.0 Å². The third kappa shape index (κ3) is 2.06. The number of rotatable bonds is 3. The Bertz CT molecular complexity index is 759. The second-order valence-corrected chi connectivity index (χ2v) is 4.59. The highest BCUT2D eigenvalue weighted by Gasteiger charge is 2.15. The topological polar surface area (TPSA) is 76.5 Å². The molecule has 3 aromatic rings. The minimum atomic E-state index is -0.945. The number of hydrogen-bond donors (Lipinski definition) is 2. The molecule has 3 rings (SSSR count). The van der Waals surface area contributed by atoms with E-state index in [-0.39, 0.29) is 11.6 Å². The lowest BCUT2D eigenvalue weighted by Gasteiger charge is -2.10. The molecule has 0 aliphatic heterocycles. The Morgan fingerprint density at radius 2 is 1.80 bits per heavy atom. The molecular formula is C16H13NO3. The second-order valence-electron chi connectivity index (χ2n) is 4.59. The summed E-state index contributed by atoms with van der Waals surface area (Å²) < 4.78 is 5.48. The zero-order chi connectivity index (χ0) is 14.1. The molecule has 0 bridgehead atoms. The second kappa shape index (κ2) is 4.83. The molecule has 4 nitrogen and oxygen atoms in total. The molecule has 1 aromatic heterocycles. The molecule has 1 atom stereocenters. The third-order valence-corrected chi connectivity index (χ3v) is 3.36. The van der Waals surface area contributed by atoms with Crippen molar-refractivity contribution in [3.8, 4) is 0 Å². The summed E-state index contributed by atoms with van der Waals surface area (Å²) in [5.41, 5.74) is 9.03. The Hall–Kier alpha value is -2.59. The first kappa shape index (κ1) is 12.4. The molecule has 1 unspecified atom stereocenters. The van der Waals surface area contributed by atoms with Gasteiger partial charge in [0.15, 0.2) is 0 Å². The quantitative estimate of drug-likeness (QED) is 0.764. The number of para-hydroxylation sites is 1. The van der Waals surface area contributed by atoms with Crippen molar-refractivity contribution in [2.45, 2.75) is 6.04 Å². The highest BCUT2D eigenvalue weighted by Crippen LogP contribution is 2.29. The molecule has 0 saturated heterocycles. The van der Waals surface area contributed by atoms with Crippen LogP contribution in [0.3, 0.4) is 0 Å². The number of hydrogen-bond acceptors (Lipinski definition) is 3. The van der Waals surface area contributed by atoms with Crippen LogP contribution in [-0.4, -0.2) is 11.1 Å². The monoisotopic (exact) mass is 267 g/mol. The first-order chi connectivity index (χ1) is 9.66. The maximum Gasteiger partial charge on any atom is 0.335 e. The first-order valence-electron chi connectivity index (χ1n) is 6.22. The van der Waals surface area contributed by atoms with Gasteiger partial charge in [0.1, 0.15) is 5.58 Å². The van der Waals surface area contributed by atoms with Crippen LogP contribution in [-0.2, 0) is 0 Å². The number of aromatic carboxylic acids is 1. The SMILES string of the molecule is NC(c1ccc(C(=O)O)cc1)c1coc2ccccc12. The Labute approximate surface area is 115 Å². The smallest absolute Gasteiger partial charge is 0.335 e. The van der Waals surface area contributed by atoms with E-state index in [4.69, 9.17) is 15.3 Å². The summed E-state index contributed by atoms with van der Waals surface area (Å²) >= 11 is 0. The summed E-state index contributed by atoms with van der Waals surface area (Å²) in [6.45, 7) is 0. The van der Waals surface area contributed by atoms with E-state index in [0.717, 1.165) is 22.1 Å². The van der Waals surface area contributed by atoms with Gasteiger partial charge in [0, 0.05) is 10.9 Å². The average molecular weight is 267 g/mol. The predicted molar refractivity (Wildman–Crippen MR) is 75.6 cm³/mol.